The zero-order chi connectivity index (χ0) is 38.1. The number of benzene rings is 6. The molecule has 56 heavy (non-hydrogen) atoms. The van der Waals surface area contributed by atoms with E-state index in [4.69, 9.17) is 15.0 Å². The highest BCUT2D eigenvalue weighted by molar-refractivity contribution is 5.91. The number of hydrogen-bond donors (Lipinski definition) is 0. The summed E-state index contributed by atoms with van der Waals surface area (Å²) in [7, 11) is 0. The molecule has 2 aliphatic carbocycles. The second-order valence-electron chi connectivity index (χ2n) is 16.2. The first-order chi connectivity index (χ1) is 27.5. The zero-order valence-corrected chi connectivity index (χ0v) is 32.2. The summed E-state index contributed by atoms with van der Waals surface area (Å²) in [5, 5.41) is 9.70. The second kappa shape index (κ2) is 15.2. The molecule has 0 amide bonds. The summed E-state index contributed by atoms with van der Waals surface area (Å²) in [6, 6.07) is 55.0. The third kappa shape index (κ3) is 6.84. The summed E-state index contributed by atoms with van der Waals surface area (Å²) in [5.41, 5.74) is 11.5. The molecule has 6 aromatic carbocycles. The molecular weight excluding hydrogens is 681 g/mol. The van der Waals surface area contributed by atoms with Gasteiger partial charge in [0, 0.05) is 16.7 Å². The molecule has 1 aromatic heterocycles. The van der Waals surface area contributed by atoms with Crippen molar-refractivity contribution in [3.63, 3.8) is 0 Å². The van der Waals surface area contributed by atoms with E-state index in [-0.39, 0.29) is 5.41 Å². The number of nitriles is 1. The number of aromatic nitrogens is 3. The van der Waals surface area contributed by atoms with Gasteiger partial charge in [0.15, 0.2) is 17.5 Å². The summed E-state index contributed by atoms with van der Waals surface area (Å²) < 4.78 is 0. The summed E-state index contributed by atoms with van der Waals surface area (Å²) in [6.45, 7) is 4.84. The number of rotatable bonds is 8. The zero-order valence-electron chi connectivity index (χ0n) is 32.2. The van der Waals surface area contributed by atoms with Gasteiger partial charge in [0.25, 0.3) is 0 Å². The molecule has 2 fully saturated rings. The quantitative estimate of drug-likeness (QED) is 0.156. The van der Waals surface area contributed by atoms with Gasteiger partial charge in [-0.1, -0.05) is 160 Å². The van der Waals surface area contributed by atoms with Crippen molar-refractivity contribution in [2.45, 2.75) is 57.8 Å². The maximum Gasteiger partial charge on any atom is 0.164 e. The van der Waals surface area contributed by atoms with Crippen molar-refractivity contribution in [2.24, 2.45) is 17.8 Å². The Morgan fingerprint density at radius 3 is 1.75 bits per heavy atom. The summed E-state index contributed by atoms with van der Waals surface area (Å²) in [6.07, 6.45) is 7.90. The molecular formula is C52H46N4. The fourth-order valence-corrected chi connectivity index (χ4v) is 10.1. The predicted octanol–water partition coefficient (Wildman–Crippen LogP) is 13.2. The first-order valence-electron chi connectivity index (χ1n) is 20.2. The van der Waals surface area contributed by atoms with E-state index < -0.39 is 0 Å². The second-order valence-corrected chi connectivity index (χ2v) is 16.2. The molecule has 274 valence electrons. The lowest BCUT2D eigenvalue weighted by molar-refractivity contribution is 0.0702. The van der Waals surface area contributed by atoms with E-state index in [1.54, 1.807) is 0 Å². The van der Waals surface area contributed by atoms with Crippen LogP contribution >= 0.6 is 0 Å². The van der Waals surface area contributed by atoms with E-state index in [0.717, 1.165) is 67.8 Å². The molecule has 0 aliphatic heterocycles. The molecule has 0 radical (unpaired) electrons. The minimum atomic E-state index is 0.253. The summed E-state index contributed by atoms with van der Waals surface area (Å²) in [5.74, 6) is 4.31. The standard InChI is InChI=1S/C52H46N4/c1-3-36-29-38-28-35(2)31-52(32-36,33-38)42-26-24-40(25-27-42)49-54-50(47-22-11-8-18-43(47)39-15-5-4-6-16-39)56-51(55-49)48-23-12-10-21-46(48)45-20-9-7-19-44(45)41-17-13-14-37(30-41)34-53/h4-27,30,35-36,38H,3,28-29,31-33H2,1-2H3/t35-,36+,38-,52?/m0/s1. The first kappa shape index (κ1) is 35.5. The van der Waals surface area contributed by atoms with Crippen molar-refractivity contribution < 1.29 is 0 Å². The Kier molecular flexibility index (Phi) is 9.61. The highest BCUT2D eigenvalue weighted by atomic mass is 15.0. The van der Waals surface area contributed by atoms with Gasteiger partial charge in [-0.15, -0.1) is 0 Å². The molecule has 2 bridgehead atoms. The number of nitrogens with zero attached hydrogens (tertiary/aromatic N) is 4. The van der Waals surface area contributed by atoms with Crippen molar-refractivity contribution in [3.8, 4) is 73.6 Å². The molecule has 1 heterocycles. The van der Waals surface area contributed by atoms with E-state index in [9.17, 15) is 5.26 Å². The van der Waals surface area contributed by atoms with Crippen LogP contribution in [0, 0.1) is 29.1 Å². The average Bonchev–Trinajstić information content (AvgIpc) is 3.26. The van der Waals surface area contributed by atoms with Crippen molar-refractivity contribution in [3.05, 3.63) is 163 Å². The van der Waals surface area contributed by atoms with E-state index in [1.165, 1.54) is 44.1 Å². The highest BCUT2D eigenvalue weighted by Gasteiger charge is 2.45. The van der Waals surface area contributed by atoms with Gasteiger partial charge in [0.05, 0.1) is 11.6 Å². The monoisotopic (exact) mass is 726 g/mol. The fraction of sp³-hybridized carbons (Fsp3) is 0.231. The molecule has 7 aromatic rings. The molecule has 4 heteroatoms. The van der Waals surface area contributed by atoms with E-state index >= 15 is 0 Å². The average molecular weight is 727 g/mol. The molecule has 1 unspecified atom stereocenters. The van der Waals surface area contributed by atoms with Crippen LogP contribution in [0.2, 0.25) is 0 Å². The Morgan fingerprint density at radius 1 is 0.536 bits per heavy atom. The maximum atomic E-state index is 9.70. The Hall–Kier alpha value is -6.18. The van der Waals surface area contributed by atoms with Crippen LogP contribution in [-0.2, 0) is 5.41 Å². The normalized spacial score (nSPS) is 20.3. The van der Waals surface area contributed by atoms with Gasteiger partial charge in [0.2, 0.25) is 0 Å². The number of fused-ring (bicyclic) bond motifs is 2. The SMILES string of the molecule is CC[C@@H]1C[C@@H]2C[C@H](C)CC(c3ccc(-c4nc(-c5ccccc5-c5ccccc5)nc(-c5ccccc5-c5ccccc5-c5cccc(C#N)c5)n4)cc3)(C1)C2. The van der Waals surface area contributed by atoms with Gasteiger partial charge in [-0.2, -0.15) is 5.26 Å². The first-order valence-corrected chi connectivity index (χ1v) is 20.2. The van der Waals surface area contributed by atoms with Crippen LogP contribution in [0.15, 0.2) is 152 Å². The van der Waals surface area contributed by atoms with Gasteiger partial charge in [0.1, 0.15) is 0 Å². The number of hydrogen-bond acceptors (Lipinski definition) is 4. The third-order valence-electron chi connectivity index (χ3n) is 12.4. The molecule has 2 saturated carbocycles. The lowest BCUT2D eigenvalue weighted by Gasteiger charge is -2.51. The molecule has 0 saturated heterocycles. The predicted molar refractivity (Wildman–Crippen MR) is 228 cm³/mol. The van der Waals surface area contributed by atoms with Gasteiger partial charge in [-0.3, -0.25) is 0 Å². The van der Waals surface area contributed by atoms with E-state index in [1.807, 2.05) is 30.3 Å². The van der Waals surface area contributed by atoms with Crippen LogP contribution in [0.5, 0.6) is 0 Å². The largest absolute Gasteiger partial charge is 0.208 e. The van der Waals surface area contributed by atoms with Gasteiger partial charge in [-0.25, -0.2) is 15.0 Å². The van der Waals surface area contributed by atoms with Gasteiger partial charge >= 0.3 is 0 Å². The molecule has 4 atom stereocenters. The summed E-state index contributed by atoms with van der Waals surface area (Å²) in [4.78, 5) is 15.8. The van der Waals surface area contributed by atoms with Crippen LogP contribution in [0.3, 0.4) is 0 Å². The Labute approximate surface area is 331 Å². The van der Waals surface area contributed by atoms with Crippen LogP contribution in [-0.4, -0.2) is 15.0 Å². The van der Waals surface area contributed by atoms with E-state index in [2.05, 4.69) is 141 Å². The molecule has 4 nitrogen and oxygen atoms in total. The lowest BCUT2D eigenvalue weighted by Crippen LogP contribution is -2.42. The fourth-order valence-electron chi connectivity index (χ4n) is 10.1. The minimum absolute atomic E-state index is 0.253. The smallest absolute Gasteiger partial charge is 0.164 e. The van der Waals surface area contributed by atoms with Crippen LogP contribution in [0.1, 0.15) is 63.5 Å². The van der Waals surface area contributed by atoms with Crippen LogP contribution < -0.4 is 0 Å². The molecule has 0 spiro atoms. The Bertz CT molecular complexity index is 2550. The lowest BCUT2D eigenvalue weighted by atomic mass is 9.54. The Morgan fingerprint density at radius 2 is 1.09 bits per heavy atom. The molecule has 2 aliphatic rings. The van der Waals surface area contributed by atoms with Gasteiger partial charge in [-0.05, 0) is 106 Å². The van der Waals surface area contributed by atoms with Gasteiger partial charge < -0.3 is 0 Å². The van der Waals surface area contributed by atoms with Crippen LogP contribution in [0.25, 0.3) is 67.5 Å². The van der Waals surface area contributed by atoms with Crippen molar-refractivity contribution in [1.29, 1.82) is 5.26 Å². The van der Waals surface area contributed by atoms with Crippen molar-refractivity contribution >= 4 is 0 Å². The van der Waals surface area contributed by atoms with E-state index in [0.29, 0.717) is 23.0 Å². The topological polar surface area (TPSA) is 62.5 Å². The van der Waals surface area contributed by atoms with Crippen molar-refractivity contribution in [1.82, 2.24) is 15.0 Å². The molecule has 0 N–H and O–H groups in total. The van der Waals surface area contributed by atoms with Crippen LogP contribution in [0.4, 0.5) is 0 Å². The third-order valence-corrected chi connectivity index (χ3v) is 12.4. The minimum Gasteiger partial charge on any atom is -0.208 e. The maximum absolute atomic E-state index is 9.70. The Balaban J connectivity index is 1.20. The molecule has 9 rings (SSSR count). The highest BCUT2D eigenvalue weighted by Crippen LogP contribution is 2.55. The summed E-state index contributed by atoms with van der Waals surface area (Å²) >= 11 is 0. The van der Waals surface area contributed by atoms with Crippen molar-refractivity contribution in [2.75, 3.05) is 0 Å².